The number of rotatable bonds is 11. The Labute approximate surface area is 137 Å². The van der Waals surface area contributed by atoms with Crippen molar-refractivity contribution >= 4 is 29.1 Å². The fourth-order valence-corrected chi connectivity index (χ4v) is 3.70. The predicted molar refractivity (Wildman–Crippen MR) is 94.1 cm³/mol. The summed E-state index contributed by atoms with van der Waals surface area (Å²) >= 11 is 8.00. The average Bonchev–Trinajstić information content (AvgIpc) is 2.48. The number of hydrogen-bond acceptors (Lipinski definition) is 3. The zero-order valence-corrected chi connectivity index (χ0v) is 14.4. The minimum Gasteiger partial charge on any atom is -0.330 e. The second-order valence-corrected chi connectivity index (χ2v) is 6.94. The van der Waals surface area contributed by atoms with E-state index in [1.807, 2.05) is 24.3 Å². The van der Waals surface area contributed by atoms with E-state index in [9.17, 15) is 4.79 Å². The third-order valence-corrected chi connectivity index (χ3v) is 5.05. The lowest BCUT2D eigenvalue weighted by molar-refractivity contribution is -0.119. The molecule has 1 rings (SSSR count). The molecule has 2 N–H and O–H groups in total. The van der Waals surface area contributed by atoms with Crippen LogP contribution in [0, 0.1) is 0 Å². The van der Waals surface area contributed by atoms with Gasteiger partial charge in [0, 0.05) is 35.4 Å². The summed E-state index contributed by atoms with van der Waals surface area (Å²) in [5.41, 5.74) is 6.65. The van der Waals surface area contributed by atoms with Gasteiger partial charge in [0.25, 0.3) is 0 Å². The predicted octanol–water partition coefficient (Wildman–Crippen LogP) is 5.00. The van der Waals surface area contributed by atoms with Crippen molar-refractivity contribution in [1.82, 2.24) is 0 Å². The van der Waals surface area contributed by atoms with Gasteiger partial charge in [-0.05, 0) is 18.1 Å². The summed E-state index contributed by atoms with van der Waals surface area (Å²) in [4.78, 5) is 12.2. The van der Waals surface area contributed by atoms with Crippen LogP contribution in [-0.4, -0.2) is 18.1 Å². The number of benzene rings is 1. The van der Waals surface area contributed by atoms with E-state index >= 15 is 0 Å². The number of hydrogen-bond donors (Lipinski definition) is 1. The highest BCUT2D eigenvalue weighted by Crippen LogP contribution is 2.36. The highest BCUT2D eigenvalue weighted by atomic mass is 35.5. The standard InChI is InChI=1S/C17H26ClNOS/c1-2-3-4-5-8-14(20)13-17(21-12-11-19)15-9-6-7-10-16(15)18/h6-7,9-10,17H,2-5,8,11-13,19H2,1H3. The first-order valence-electron chi connectivity index (χ1n) is 7.76. The molecule has 0 heterocycles. The second kappa shape index (κ2) is 11.1. The van der Waals surface area contributed by atoms with Crippen LogP contribution >= 0.6 is 23.4 Å². The molecular formula is C17H26ClNOS. The fraction of sp³-hybridized carbons (Fsp3) is 0.588. The van der Waals surface area contributed by atoms with Gasteiger partial charge in [-0.2, -0.15) is 11.8 Å². The van der Waals surface area contributed by atoms with Crippen molar-refractivity contribution in [3.63, 3.8) is 0 Å². The van der Waals surface area contributed by atoms with Gasteiger partial charge >= 0.3 is 0 Å². The topological polar surface area (TPSA) is 43.1 Å². The Morgan fingerprint density at radius 1 is 1.29 bits per heavy atom. The van der Waals surface area contributed by atoms with E-state index in [0.717, 1.165) is 29.2 Å². The minimum atomic E-state index is 0.126. The first-order valence-corrected chi connectivity index (χ1v) is 9.19. The third-order valence-electron chi connectivity index (χ3n) is 3.41. The van der Waals surface area contributed by atoms with Crippen LogP contribution in [0.5, 0.6) is 0 Å². The Balaban J connectivity index is 2.58. The molecule has 0 saturated carbocycles. The Morgan fingerprint density at radius 3 is 2.71 bits per heavy atom. The molecule has 1 atom stereocenters. The van der Waals surface area contributed by atoms with Crippen molar-refractivity contribution in [1.29, 1.82) is 0 Å². The average molecular weight is 328 g/mol. The fourth-order valence-electron chi connectivity index (χ4n) is 2.26. The number of unbranched alkanes of at least 4 members (excludes halogenated alkanes) is 3. The minimum absolute atomic E-state index is 0.126. The van der Waals surface area contributed by atoms with E-state index in [4.69, 9.17) is 17.3 Å². The van der Waals surface area contributed by atoms with Crippen LogP contribution in [0.15, 0.2) is 24.3 Å². The van der Waals surface area contributed by atoms with Crippen molar-refractivity contribution in [2.24, 2.45) is 5.73 Å². The molecule has 118 valence electrons. The van der Waals surface area contributed by atoms with Gasteiger partial charge in [0.05, 0.1) is 0 Å². The van der Waals surface area contributed by atoms with E-state index in [1.165, 1.54) is 12.8 Å². The monoisotopic (exact) mass is 327 g/mol. The molecule has 21 heavy (non-hydrogen) atoms. The summed E-state index contributed by atoms with van der Waals surface area (Å²) in [6.07, 6.45) is 5.80. The number of nitrogens with two attached hydrogens (primary N) is 1. The van der Waals surface area contributed by atoms with Gasteiger partial charge in [-0.25, -0.2) is 0 Å². The number of carbonyl (C=O) groups is 1. The van der Waals surface area contributed by atoms with E-state index in [1.54, 1.807) is 11.8 Å². The van der Waals surface area contributed by atoms with Crippen LogP contribution in [-0.2, 0) is 4.79 Å². The maximum atomic E-state index is 12.2. The lowest BCUT2D eigenvalue weighted by atomic mass is 10.0. The van der Waals surface area contributed by atoms with Gasteiger partial charge in [0.2, 0.25) is 0 Å². The first-order chi connectivity index (χ1) is 10.2. The van der Waals surface area contributed by atoms with Crippen molar-refractivity contribution in [2.45, 2.75) is 50.7 Å². The molecule has 0 aliphatic carbocycles. The zero-order valence-electron chi connectivity index (χ0n) is 12.8. The second-order valence-electron chi connectivity index (χ2n) is 5.22. The number of halogens is 1. The molecule has 0 bridgehead atoms. The maximum absolute atomic E-state index is 12.2. The van der Waals surface area contributed by atoms with E-state index < -0.39 is 0 Å². The summed E-state index contributed by atoms with van der Waals surface area (Å²) in [6.45, 7) is 2.80. The number of thioether (sulfide) groups is 1. The molecule has 1 aromatic carbocycles. The van der Waals surface area contributed by atoms with Crippen LogP contribution in [0.2, 0.25) is 5.02 Å². The molecule has 0 amide bonds. The molecule has 2 nitrogen and oxygen atoms in total. The van der Waals surface area contributed by atoms with E-state index in [0.29, 0.717) is 25.2 Å². The van der Waals surface area contributed by atoms with Crippen LogP contribution < -0.4 is 5.73 Å². The lowest BCUT2D eigenvalue weighted by Gasteiger charge is -2.17. The van der Waals surface area contributed by atoms with Gasteiger partial charge in [0.1, 0.15) is 5.78 Å². The van der Waals surface area contributed by atoms with Gasteiger partial charge < -0.3 is 5.73 Å². The van der Waals surface area contributed by atoms with Gasteiger partial charge in [-0.15, -0.1) is 0 Å². The molecule has 0 saturated heterocycles. The van der Waals surface area contributed by atoms with Crippen molar-refractivity contribution < 1.29 is 4.79 Å². The van der Waals surface area contributed by atoms with Crippen molar-refractivity contribution in [2.75, 3.05) is 12.3 Å². The molecular weight excluding hydrogens is 302 g/mol. The van der Waals surface area contributed by atoms with Crippen molar-refractivity contribution in [3.8, 4) is 0 Å². The SMILES string of the molecule is CCCCCCC(=O)CC(SCCN)c1ccccc1Cl. The molecule has 0 aromatic heterocycles. The number of carbonyl (C=O) groups excluding carboxylic acids is 1. The number of Topliss-reactive ketones (excluding diaryl/α,β-unsaturated/α-hetero) is 1. The smallest absolute Gasteiger partial charge is 0.134 e. The van der Waals surface area contributed by atoms with Crippen molar-refractivity contribution in [3.05, 3.63) is 34.9 Å². The zero-order chi connectivity index (χ0) is 15.5. The molecule has 0 aliphatic heterocycles. The normalized spacial score (nSPS) is 12.3. The maximum Gasteiger partial charge on any atom is 0.134 e. The van der Waals surface area contributed by atoms with E-state index in [2.05, 4.69) is 6.92 Å². The molecule has 0 spiro atoms. The summed E-state index contributed by atoms with van der Waals surface area (Å²) in [5.74, 6) is 1.18. The molecule has 0 radical (unpaired) electrons. The molecule has 0 aliphatic rings. The van der Waals surface area contributed by atoms with Crippen LogP contribution in [0.1, 0.15) is 56.3 Å². The largest absolute Gasteiger partial charge is 0.330 e. The van der Waals surface area contributed by atoms with Gasteiger partial charge in [0.15, 0.2) is 0 Å². The highest BCUT2D eigenvalue weighted by Gasteiger charge is 2.18. The van der Waals surface area contributed by atoms with E-state index in [-0.39, 0.29) is 5.25 Å². The Bertz CT molecular complexity index is 425. The third kappa shape index (κ3) is 7.35. The summed E-state index contributed by atoms with van der Waals surface area (Å²) in [6, 6.07) is 7.80. The summed E-state index contributed by atoms with van der Waals surface area (Å²) in [7, 11) is 0. The quantitative estimate of drug-likeness (QED) is 0.581. The van der Waals surface area contributed by atoms with Crippen LogP contribution in [0.4, 0.5) is 0 Å². The van der Waals surface area contributed by atoms with Crippen LogP contribution in [0.3, 0.4) is 0 Å². The highest BCUT2D eigenvalue weighted by molar-refractivity contribution is 7.99. The Hall–Kier alpha value is -0.510. The molecule has 0 fully saturated rings. The lowest BCUT2D eigenvalue weighted by Crippen LogP contribution is -2.09. The molecule has 1 unspecified atom stereocenters. The molecule has 1 aromatic rings. The Kier molecular flexibility index (Phi) is 9.81. The first kappa shape index (κ1) is 18.5. The molecule has 4 heteroatoms. The summed E-state index contributed by atoms with van der Waals surface area (Å²) in [5, 5.41) is 0.867. The van der Waals surface area contributed by atoms with Gasteiger partial charge in [-0.1, -0.05) is 56.0 Å². The summed E-state index contributed by atoms with van der Waals surface area (Å²) < 4.78 is 0. The van der Waals surface area contributed by atoms with Crippen LogP contribution in [0.25, 0.3) is 0 Å². The number of ketones is 1. The van der Waals surface area contributed by atoms with Gasteiger partial charge in [-0.3, -0.25) is 4.79 Å². The Morgan fingerprint density at radius 2 is 2.05 bits per heavy atom.